The molecule has 1 aliphatic rings. The number of nitrogens with one attached hydrogen (secondary N) is 1. The van der Waals surface area contributed by atoms with E-state index in [0.717, 1.165) is 29.1 Å². The molecular weight excluding hydrogens is 440 g/mol. The summed E-state index contributed by atoms with van der Waals surface area (Å²) < 4.78 is 9.61. The maximum Gasteiger partial charge on any atom is 0.361 e. The highest BCUT2D eigenvalue weighted by molar-refractivity contribution is 8.03. The van der Waals surface area contributed by atoms with Crippen LogP contribution in [0.2, 0.25) is 0 Å². The number of hydrogen-bond donors (Lipinski definition) is 3. The van der Waals surface area contributed by atoms with E-state index in [9.17, 15) is 9.59 Å². The Balaban J connectivity index is 1.61. The second kappa shape index (κ2) is 12.2. The van der Waals surface area contributed by atoms with Gasteiger partial charge in [0.25, 0.3) is 0 Å². The third-order valence-corrected chi connectivity index (χ3v) is 6.23. The van der Waals surface area contributed by atoms with Gasteiger partial charge in [0, 0.05) is 30.1 Å². The lowest BCUT2D eigenvalue weighted by molar-refractivity contribution is -0.164. The molecule has 1 fully saturated rings. The topological polar surface area (TPSA) is 120 Å². The van der Waals surface area contributed by atoms with Gasteiger partial charge in [-0.1, -0.05) is 43.0 Å². The van der Waals surface area contributed by atoms with E-state index >= 15 is 0 Å². The van der Waals surface area contributed by atoms with E-state index in [1.165, 1.54) is 36.7 Å². The van der Waals surface area contributed by atoms with Gasteiger partial charge in [0.1, 0.15) is 5.03 Å². The Morgan fingerprint density at radius 3 is 2.15 bits per heavy atom. The van der Waals surface area contributed by atoms with Crippen LogP contribution >= 0.6 is 11.8 Å². The van der Waals surface area contributed by atoms with Crippen molar-refractivity contribution < 1.29 is 19.1 Å². The van der Waals surface area contributed by atoms with Crippen molar-refractivity contribution in [3.63, 3.8) is 0 Å². The number of hydrogen-bond acceptors (Lipinski definition) is 9. The molecule has 0 unspecified atom stereocenters. The second-order valence-corrected chi connectivity index (χ2v) is 8.64. The highest BCUT2D eigenvalue weighted by atomic mass is 32.2. The molecule has 9 heteroatoms. The van der Waals surface area contributed by atoms with Crippen LogP contribution < -0.4 is 21.9 Å². The van der Waals surface area contributed by atoms with E-state index in [0.29, 0.717) is 0 Å². The van der Waals surface area contributed by atoms with E-state index in [-0.39, 0.29) is 17.1 Å². The fourth-order valence-electron chi connectivity index (χ4n) is 3.46. The molecule has 2 aromatic carbocycles. The van der Waals surface area contributed by atoms with Crippen molar-refractivity contribution in [1.82, 2.24) is 5.43 Å². The van der Waals surface area contributed by atoms with Crippen LogP contribution in [0.3, 0.4) is 0 Å². The second-order valence-electron chi connectivity index (χ2n) is 7.52. The van der Waals surface area contributed by atoms with Gasteiger partial charge < -0.3 is 25.5 Å². The lowest BCUT2D eigenvalue weighted by Crippen LogP contribution is -2.31. The van der Waals surface area contributed by atoms with Gasteiger partial charge in [-0.15, -0.1) is 0 Å². The SMILES string of the molecule is CCC(=O)OCOC(=O)/C(NN)=C(/N)Sc1ccc(-c2ccc(N3CCCCC3)cc2)cc1. The van der Waals surface area contributed by atoms with E-state index < -0.39 is 18.7 Å². The maximum absolute atomic E-state index is 12.1. The van der Waals surface area contributed by atoms with Gasteiger partial charge in [-0.3, -0.25) is 10.6 Å². The van der Waals surface area contributed by atoms with Gasteiger partial charge in [-0.25, -0.2) is 4.79 Å². The highest BCUT2D eigenvalue weighted by Crippen LogP contribution is 2.29. The number of hydrazine groups is 1. The van der Waals surface area contributed by atoms with Crippen LogP contribution in [0.1, 0.15) is 32.6 Å². The van der Waals surface area contributed by atoms with Gasteiger partial charge in [-0.05, 0) is 54.7 Å². The van der Waals surface area contributed by atoms with E-state index in [1.54, 1.807) is 6.92 Å². The first-order valence-corrected chi connectivity index (χ1v) is 11.8. The predicted molar refractivity (Wildman–Crippen MR) is 130 cm³/mol. The quantitative estimate of drug-likeness (QED) is 0.126. The van der Waals surface area contributed by atoms with Crippen molar-refractivity contribution in [3.8, 4) is 11.1 Å². The van der Waals surface area contributed by atoms with Crippen LogP contribution in [0, 0.1) is 0 Å². The van der Waals surface area contributed by atoms with Crippen molar-refractivity contribution in [2.45, 2.75) is 37.5 Å². The Bertz CT molecular complexity index is 971. The molecule has 0 bridgehead atoms. The molecule has 0 aromatic heterocycles. The molecule has 5 N–H and O–H groups in total. The van der Waals surface area contributed by atoms with Crippen LogP contribution in [-0.2, 0) is 19.1 Å². The zero-order chi connectivity index (χ0) is 23.6. The summed E-state index contributed by atoms with van der Waals surface area (Å²) in [6.45, 7) is 3.38. The fourth-order valence-corrected chi connectivity index (χ4v) is 4.23. The third-order valence-electron chi connectivity index (χ3n) is 5.30. The van der Waals surface area contributed by atoms with Gasteiger partial charge in [0.15, 0.2) is 5.70 Å². The number of nitrogens with two attached hydrogens (primary N) is 2. The number of carbonyl (C=O) groups excluding carboxylic acids is 2. The van der Waals surface area contributed by atoms with Gasteiger partial charge >= 0.3 is 11.9 Å². The number of esters is 2. The van der Waals surface area contributed by atoms with E-state index in [2.05, 4.69) is 34.6 Å². The molecule has 0 aliphatic carbocycles. The summed E-state index contributed by atoms with van der Waals surface area (Å²) in [7, 11) is 0. The zero-order valence-corrected chi connectivity index (χ0v) is 19.5. The number of thioether (sulfide) groups is 1. The fraction of sp³-hybridized carbons (Fsp3) is 0.333. The number of benzene rings is 2. The molecule has 8 nitrogen and oxygen atoms in total. The molecule has 1 aliphatic heterocycles. The maximum atomic E-state index is 12.1. The van der Waals surface area contributed by atoms with Crippen LogP contribution in [-0.4, -0.2) is 31.8 Å². The van der Waals surface area contributed by atoms with Crippen LogP contribution in [0.25, 0.3) is 11.1 Å². The molecule has 0 radical (unpaired) electrons. The lowest BCUT2D eigenvalue weighted by Gasteiger charge is -2.28. The summed E-state index contributed by atoms with van der Waals surface area (Å²) in [6, 6.07) is 16.5. The third kappa shape index (κ3) is 6.90. The number of nitrogens with zero attached hydrogens (tertiary/aromatic N) is 1. The number of rotatable bonds is 9. The largest absolute Gasteiger partial charge is 0.428 e. The summed E-state index contributed by atoms with van der Waals surface area (Å²) >= 11 is 1.17. The van der Waals surface area contributed by atoms with Crippen LogP contribution in [0.5, 0.6) is 0 Å². The molecule has 0 saturated carbocycles. The monoisotopic (exact) mass is 470 g/mol. The minimum absolute atomic E-state index is 0.107. The standard InChI is InChI=1S/C24H30N4O4S/c1-2-21(29)31-16-32-24(30)22(27-26)23(25)33-20-12-8-18(9-13-20)17-6-10-19(11-7-17)28-14-4-3-5-15-28/h6-13,27H,2-5,14-16,25-26H2,1H3/b23-22+. The number of carbonyl (C=O) groups is 2. The Kier molecular flexibility index (Phi) is 9.03. The van der Waals surface area contributed by atoms with Crippen LogP contribution in [0.4, 0.5) is 5.69 Å². The smallest absolute Gasteiger partial charge is 0.361 e. The summed E-state index contributed by atoms with van der Waals surface area (Å²) in [5.74, 6) is 4.16. The molecule has 3 rings (SSSR count). The molecule has 0 atom stereocenters. The Morgan fingerprint density at radius 1 is 0.970 bits per heavy atom. The van der Waals surface area contributed by atoms with E-state index in [1.807, 2.05) is 24.3 Å². The predicted octanol–water partition coefficient (Wildman–Crippen LogP) is 3.48. The summed E-state index contributed by atoms with van der Waals surface area (Å²) in [5, 5.41) is 0.142. The zero-order valence-electron chi connectivity index (χ0n) is 18.7. The number of ether oxygens (including phenoxy) is 2. The normalized spacial score (nSPS) is 14.3. The minimum Gasteiger partial charge on any atom is -0.428 e. The van der Waals surface area contributed by atoms with Gasteiger partial charge in [0.05, 0.1) is 0 Å². The molecule has 1 heterocycles. The van der Waals surface area contributed by atoms with Crippen LogP contribution in [0.15, 0.2) is 64.2 Å². The Hall–Kier alpha value is -3.17. The molecule has 2 aromatic rings. The van der Waals surface area contributed by atoms with Gasteiger partial charge in [-0.2, -0.15) is 0 Å². The summed E-state index contributed by atoms with van der Waals surface area (Å²) in [4.78, 5) is 26.5. The summed E-state index contributed by atoms with van der Waals surface area (Å²) in [6.07, 6.45) is 4.01. The first-order chi connectivity index (χ1) is 16.0. The first-order valence-electron chi connectivity index (χ1n) is 10.9. The van der Waals surface area contributed by atoms with Gasteiger partial charge in [0.2, 0.25) is 6.79 Å². The van der Waals surface area contributed by atoms with Crippen molar-refractivity contribution >= 4 is 29.4 Å². The van der Waals surface area contributed by atoms with E-state index in [4.69, 9.17) is 21.1 Å². The van der Waals surface area contributed by atoms with Crippen molar-refractivity contribution in [3.05, 3.63) is 59.3 Å². The minimum atomic E-state index is -0.809. The molecule has 176 valence electrons. The molecule has 1 saturated heterocycles. The molecule has 0 amide bonds. The Labute approximate surface area is 198 Å². The highest BCUT2D eigenvalue weighted by Gasteiger charge is 2.16. The molecule has 0 spiro atoms. The average molecular weight is 471 g/mol. The van der Waals surface area contributed by atoms with Crippen molar-refractivity contribution in [2.75, 3.05) is 24.8 Å². The average Bonchev–Trinajstić information content (AvgIpc) is 2.85. The molecule has 33 heavy (non-hydrogen) atoms. The number of anilines is 1. The molecular formula is C24H30N4O4S. The number of piperidine rings is 1. The lowest BCUT2D eigenvalue weighted by atomic mass is 10.0. The van der Waals surface area contributed by atoms with Crippen molar-refractivity contribution in [1.29, 1.82) is 0 Å². The van der Waals surface area contributed by atoms with Crippen molar-refractivity contribution in [2.24, 2.45) is 11.6 Å². The Morgan fingerprint density at radius 2 is 1.58 bits per heavy atom. The summed E-state index contributed by atoms with van der Waals surface area (Å²) in [5.41, 5.74) is 11.7. The first kappa shape index (κ1) is 24.5.